The number of carboxylic acids is 1. The zero-order valence-electron chi connectivity index (χ0n) is 20.4. The van der Waals surface area contributed by atoms with E-state index in [0.29, 0.717) is 25.8 Å². The molecule has 12 heteroatoms. The van der Waals surface area contributed by atoms with Crippen LogP contribution in [0.2, 0.25) is 0 Å². The van der Waals surface area contributed by atoms with Gasteiger partial charge in [0, 0.05) is 30.4 Å². The molecule has 0 aliphatic carbocycles. The number of amides is 4. The fourth-order valence-electron chi connectivity index (χ4n) is 3.65. The van der Waals surface area contributed by atoms with Gasteiger partial charge in [0.25, 0.3) is 0 Å². The van der Waals surface area contributed by atoms with Crippen LogP contribution in [0.3, 0.4) is 0 Å². The lowest BCUT2D eigenvalue weighted by molar-refractivity contribution is -0.141. The van der Waals surface area contributed by atoms with Gasteiger partial charge in [-0.2, -0.15) is 0 Å². The van der Waals surface area contributed by atoms with Gasteiger partial charge in [-0.05, 0) is 44.4 Å². The Morgan fingerprint density at radius 3 is 2.39 bits per heavy atom. The number of carboxylic acid groups (broad SMARTS) is 1. The third kappa shape index (κ3) is 8.69. The van der Waals surface area contributed by atoms with Crippen LogP contribution in [0.15, 0.2) is 30.5 Å². The number of aromatic nitrogens is 1. The first-order valence-electron chi connectivity index (χ1n) is 11.7. The minimum atomic E-state index is -1.22. The van der Waals surface area contributed by atoms with E-state index in [1.807, 2.05) is 24.3 Å². The monoisotopic (exact) mass is 502 g/mol. The molecule has 0 aliphatic heterocycles. The topological polar surface area (TPSA) is 196 Å². The second kappa shape index (κ2) is 13.8. The van der Waals surface area contributed by atoms with Crippen molar-refractivity contribution >= 4 is 40.5 Å². The number of rotatable bonds is 14. The van der Waals surface area contributed by atoms with Crippen LogP contribution in [0, 0.1) is 0 Å². The fourth-order valence-corrected chi connectivity index (χ4v) is 3.65. The average Bonchev–Trinajstić information content (AvgIpc) is 3.24. The molecule has 0 saturated heterocycles. The van der Waals surface area contributed by atoms with Gasteiger partial charge in [0.05, 0.1) is 6.54 Å². The van der Waals surface area contributed by atoms with Crippen LogP contribution in [-0.4, -0.2) is 70.9 Å². The number of fused-ring (bicyclic) bond motifs is 1. The molecule has 8 N–H and O–H groups in total. The van der Waals surface area contributed by atoms with E-state index < -0.39 is 48.4 Å². The van der Waals surface area contributed by atoms with Gasteiger partial charge in [-0.15, -0.1) is 0 Å². The molecule has 0 radical (unpaired) electrons. The number of aromatic amines is 1. The van der Waals surface area contributed by atoms with Crippen molar-refractivity contribution in [1.82, 2.24) is 26.3 Å². The van der Waals surface area contributed by atoms with E-state index in [2.05, 4.69) is 26.3 Å². The number of hydrogen-bond acceptors (Lipinski definition) is 6. The van der Waals surface area contributed by atoms with Crippen LogP contribution in [-0.2, 0) is 30.4 Å². The standard InChI is InChI=1S/C24H34N6O6/c1-14(24(35)36)28-23(34)20(11-16-12-26-18-8-4-3-7-17(16)18)30-21(32)13-27-22(33)19(29-15(2)31)9-5-6-10-25/h3-4,7-8,12,14,19-20,26H,5-6,9-11,13,25H2,1-2H3,(H,27,33)(H,28,34)(H,29,31)(H,30,32)(H,35,36)/t14-,19-,20-/m0/s1. The highest BCUT2D eigenvalue weighted by Gasteiger charge is 2.26. The lowest BCUT2D eigenvalue weighted by Gasteiger charge is -2.21. The number of hydrogen-bond donors (Lipinski definition) is 7. The van der Waals surface area contributed by atoms with Crippen molar-refractivity contribution in [3.63, 3.8) is 0 Å². The van der Waals surface area contributed by atoms with Crippen LogP contribution in [0.5, 0.6) is 0 Å². The van der Waals surface area contributed by atoms with Gasteiger partial charge in [-0.1, -0.05) is 18.2 Å². The summed E-state index contributed by atoms with van der Waals surface area (Å²) < 4.78 is 0. The van der Waals surface area contributed by atoms with E-state index in [0.717, 1.165) is 16.5 Å². The van der Waals surface area contributed by atoms with E-state index in [1.165, 1.54) is 13.8 Å². The van der Waals surface area contributed by atoms with Gasteiger partial charge in [-0.25, -0.2) is 0 Å². The molecule has 0 unspecified atom stereocenters. The Bertz CT molecular complexity index is 1080. The molecule has 0 aliphatic rings. The van der Waals surface area contributed by atoms with Gasteiger partial charge in [0.2, 0.25) is 23.6 Å². The van der Waals surface area contributed by atoms with Crippen molar-refractivity contribution in [2.75, 3.05) is 13.1 Å². The van der Waals surface area contributed by atoms with Crippen molar-refractivity contribution in [3.05, 3.63) is 36.0 Å². The van der Waals surface area contributed by atoms with Gasteiger partial charge < -0.3 is 37.1 Å². The molecule has 2 rings (SSSR count). The molecule has 4 amide bonds. The quantitative estimate of drug-likeness (QED) is 0.170. The Hall–Kier alpha value is -3.93. The lowest BCUT2D eigenvalue weighted by atomic mass is 10.0. The van der Waals surface area contributed by atoms with Crippen molar-refractivity contribution < 1.29 is 29.1 Å². The third-order valence-electron chi connectivity index (χ3n) is 5.54. The maximum atomic E-state index is 12.8. The Kier molecular flexibility index (Phi) is 10.9. The maximum Gasteiger partial charge on any atom is 0.325 e. The highest BCUT2D eigenvalue weighted by atomic mass is 16.4. The molecule has 0 spiro atoms. The lowest BCUT2D eigenvalue weighted by Crippen LogP contribution is -2.54. The number of aliphatic carboxylic acids is 1. The predicted octanol–water partition coefficient (Wildman–Crippen LogP) is -0.466. The molecule has 196 valence electrons. The van der Waals surface area contributed by atoms with E-state index in [-0.39, 0.29) is 12.3 Å². The van der Waals surface area contributed by atoms with Crippen LogP contribution in [0.4, 0.5) is 0 Å². The normalized spacial score (nSPS) is 13.3. The van der Waals surface area contributed by atoms with Gasteiger partial charge in [0.1, 0.15) is 18.1 Å². The molecule has 36 heavy (non-hydrogen) atoms. The van der Waals surface area contributed by atoms with Crippen LogP contribution >= 0.6 is 0 Å². The summed E-state index contributed by atoms with van der Waals surface area (Å²) in [6.07, 6.45) is 3.48. The Labute approximate surface area is 208 Å². The minimum Gasteiger partial charge on any atom is -0.480 e. The molecule has 0 saturated carbocycles. The van der Waals surface area contributed by atoms with Gasteiger partial charge >= 0.3 is 5.97 Å². The molecular weight excluding hydrogens is 468 g/mol. The van der Waals surface area contributed by atoms with Crippen LogP contribution < -0.4 is 27.0 Å². The number of benzene rings is 1. The second-order valence-corrected chi connectivity index (χ2v) is 8.51. The summed E-state index contributed by atoms with van der Waals surface area (Å²) in [4.78, 5) is 63.7. The summed E-state index contributed by atoms with van der Waals surface area (Å²) >= 11 is 0. The molecule has 0 bridgehead atoms. The number of para-hydroxylation sites is 1. The van der Waals surface area contributed by atoms with Crippen LogP contribution in [0.25, 0.3) is 10.9 Å². The number of carbonyl (C=O) groups excluding carboxylic acids is 4. The summed E-state index contributed by atoms with van der Waals surface area (Å²) in [5, 5.41) is 20.0. The summed E-state index contributed by atoms with van der Waals surface area (Å²) in [6, 6.07) is 4.37. The van der Waals surface area contributed by atoms with E-state index in [4.69, 9.17) is 10.8 Å². The largest absolute Gasteiger partial charge is 0.480 e. The molecule has 1 aromatic heterocycles. The zero-order valence-corrected chi connectivity index (χ0v) is 20.4. The summed E-state index contributed by atoms with van der Waals surface area (Å²) in [5.74, 6) is -3.45. The van der Waals surface area contributed by atoms with Crippen molar-refractivity contribution in [2.45, 2.75) is 57.7 Å². The fraction of sp³-hybridized carbons (Fsp3) is 0.458. The van der Waals surface area contributed by atoms with Crippen molar-refractivity contribution in [3.8, 4) is 0 Å². The Morgan fingerprint density at radius 1 is 1.00 bits per heavy atom. The number of unbranched alkanes of at least 4 members (excludes halogenated alkanes) is 1. The van der Waals surface area contributed by atoms with E-state index in [1.54, 1.807) is 6.20 Å². The van der Waals surface area contributed by atoms with Gasteiger partial charge in [-0.3, -0.25) is 24.0 Å². The number of nitrogens with one attached hydrogen (secondary N) is 5. The molecule has 2 aromatic rings. The first kappa shape index (κ1) is 28.3. The molecule has 1 aromatic carbocycles. The van der Waals surface area contributed by atoms with Crippen molar-refractivity contribution in [2.24, 2.45) is 5.73 Å². The minimum absolute atomic E-state index is 0.0927. The smallest absolute Gasteiger partial charge is 0.325 e. The molecule has 12 nitrogen and oxygen atoms in total. The van der Waals surface area contributed by atoms with E-state index in [9.17, 15) is 24.0 Å². The van der Waals surface area contributed by atoms with Crippen molar-refractivity contribution in [1.29, 1.82) is 0 Å². The van der Waals surface area contributed by atoms with Crippen LogP contribution in [0.1, 0.15) is 38.7 Å². The summed E-state index contributed by atoms with van der Waals surface area (Å²) in [6.45, 7) is 2.63. The zero-order chi connectivity index (χ0) is 26.7. The predicted molar refractivity (Wildman–Crippen MR) is 133 cm³/mol. The molecule has 3 atom stereocenters. The number of H-pyrrole nitrogens is 1. The SMILES string of the molecule is CC(=O)N[C@@H](CCCCN)C(=O)NCC(=O)N[C@@H](Cc1c[nH]c2ccccc12)C(=O)N[C@@H](C)C(=O)O. The molecule has 0 fully saturated rings. The second-order valence-electron chi connectivity index (χ2n) is 8.51. The average molecular weight is 503 g/mol. The maximum absolute atomic E-state index is 12.8. The summed E-state index contributed by atoms with van der Waals surface area (Å²) in [7, 11) is 0. The first-order valence-corrected chi connectivity index (χ1v) is 11.7. The van der Waals surface area contributed by atoms with E-state index >= 15 is 0 Å². The summed E-state index contributed by atoms with van der Waals surface area (Å²) in [5.41, 5.74) is 7.08. The highest BCUT2D eigenvalue weighted by Crippen LogP contribution is 2.19. The first-order chi connectivity index (χ1) is 17.1. The number of carbonyl (C=O) groups is 5. The Morgan fingerprint density at radius 2 is 1.72 bits per heavy atom. The van der Waals surface area contributed by atoms with Gasteiger partial charge in [0.15, 0.2) is 0 Å². The highest BCUT2D eigenvalue weighted by molar-refractivity contribution is 5.94. The third-order valence-corrected chi connectivity index (χ3v) is 5.54. The Balaban J connectivity index is 2.07. The number of nitrogens with two attached hydrogens (primary N) is 1. The molecule has 1 heterocycles. The molecular formula is C24H34N6O6.